The number of halogens is 1. The Kier molecular flexibility index (Phi) is 3.35. The topological polar surface area (TPSA) is 54.9 Å². The van der Waals surface area contributed by atoms with E-state index in [0.29, 0.717) is 16.4 Å². The highest BCUT2D eigenvalue weighted by molar-refractivity contribution is 6.29. The summed E-state index contributed by atoms with van der Waals surface area (Å²) in [4.78, 5) is 19.7. The maximum Gasteiger partial charge on any atom is 0.257 e. The Bertz CT molecular complexity index is 540. The normalized spacial score (nSPS) is 10.0. The number of anilines is 1. The SMILES string of the molecule is Cc1cncc(C(=O)Nc2ccc(Cl)nc2)c1. The van der Waals surface area contributed by atoms with E-state index in [1.54, 1.807) is 24.4 Å². The summed E-state index contributed by atoms with van der Waals surface area (Å²) in [6.45, 7) is 1.88. The van der Waals surface area contributed by atoms with Crippen LogP contribution in [0.5, 0.6) is 0 Å². The number of nitrogens with one attached hydrogen (secondary N) is 1. The minimum Gasteiger partial charge on any atom is -0.321 e. The van der Waals surface area contributed by atoms with Gasteiger partial charge in [0.1, 0.15) is 5.15 Å². The summed E-state index contributed by atoms with van der Waals surface area (Å²) in [6, 6.07) is 5.08. The maximum absolute atomic E-state index is 11.8. The van der Waals surface area contributed by atoms with Gasteiger partial charge in [-0.25, -0.2) is 4.98 Å². The molecule has 0 saturated carbocycles. The molecule has 0 fully saturated rings. The van der Waals surface area contributed by atoms with Gasteiger partial charge in [0.05, 0.1) is 17.4 Å². The second kappa shape index (κ2) is 4.93. The average Bonchev–Trinajstić information content (AvgIpc) is 2.32. The fourth-order valence-corrected chi connectivity index (χ4v) is 1.44. The fraction of sp³-hybridized carbons (Fsp3) is 0.0833. The lowest BCUT2D eigenvalue weighted by atomic mass is 10.2. The van der Waals surface area contributed by atoms with Crippen LogP contribution in [0.3, 0.4) is 0 Å². The Hall–Kier alpha value is -1.94. The molecule has 2 aromatic heterocycles. The predicted octanol–water partition coefficient (Wildman–Crippen LogP) is 2.69. The molecule has 2 aromatic rings. The quantitative estimate of drug-likeness (QED) is 0.830. The summed E-state index contributed by atoms with van der Waals surface area (Å²) in [5.74, 6) is -0.217. The minimum atomic E-state index is -0.217. The summed E-state index contributed by atoms with van der Waals surface area (Å²) < 4.78 is 0. The third-order valence-corrected chi connectivity index (χ3v) is 2.35. The molecule has 0 saturated heterocycles. The molecule has 1 N–H and O–H groups in total. The summed E-state index contributed by atoms with van der Waals surface area (Å²) >= 11 is 5.65. The van der Waals surface area contributed by atoms with Crippen molar-refractivity contribution in [2.45, 2.75) is 6.92 Å². The van der Waals surface area contributed by atoms with Crippen LogP contribution in [-0.2, 0) is 0 Å². The maximum atomic E-state index is 11.8. The summed E-state index contributed by atoms with van der Waals surface area (Å²) in [6.07, 6.45) is 4.72. The lowest BCUT2D eigenvalue weighted by molar-refractivity contribution is 0.102. The second-order valence-corrected chi connectivity index (χ2v) is 3.96. The third kappa shape index (κ3) is 3.01. The molecule has 0 radical (unpaired) electrons. The molecule has 17 heavy (non-hydrogen) atoms. The molecular formula is C12H10ClN3O. The predicted molar refractivity (Wildman–Crippen MR) is 66.2 cm³/mol. The smallest absolute Gasteiger partial charge is 0.257 e. The van der Waals surface area contributed by atoms with E-state index >= 15 is 0 Å². The molecule has 5 heteroatoms. The van der Waals surface area contributed by atoms with Crippen LogP contribution in [0.4, 0.5) is 5.69 Å². The largest absolute Gasteiger partial charge is 0.321 e. The average molecular weight is 248 g/mol. The number of hydrogen-bond acceptors (Lipinski definition) is 3. The van der Waals surface area contributed by atoms with Crippen LogP contribution in [-0.4, -0.2) is 15.9 Å². The van der Waals surface area contributed by atoms with E-state index in [4.69, 9.17) is 11.6 Å². The molecule has 0 unspecified atom stereocenters. The zero-order chi connectivity index (χ0) is 12.3. The molecule has 0 aliphatic rings. The van der Waals surface area contributed by atoms with Gasteiger partial charge in [-0.15, -0.1) is 0 Å². The molecule has 0 aliphatic heterocycles. The summed E-state index contributed by atoms with van der Waals surface area (Å²) in [7, 11) is 0. The number of aromatic nitrogens is 2. The van der Waals surface area contributed by atoms with Gasteiger partial charge in [-0.05, 0) is 30.7 Å². The molecule has 0 atom stereocenters. The van der Waals surface area contributed by atoms with Crippen LogP contribution in [0.15, 0.2) is 36.8 Å². The van der Waals surface area contributed by atoms with Crippen LogP contribution in [0.2, 0.25) is 5.15 Å². The first-order valence-electron chi connectivity index (χ1n) is 5.00. The number of aryl methyl sites for hydroxylation is 1. The lowest BCUT2D eigenvalue weighted by Crippen LogP contribution is -2.12. The van der Waals surface area contributed by atoms with Gasteiger partial charge in [-0.2, -0.15) is 0 Å². The van der Waals surface area contributed by atoms with Gasteiger partial charge in [-0.3, -0.25) is 9.78 Å². The van der Waals surface area contributed by atoms with Crippen LogP contribution >= 0.6 is 11.6 Å². The molecule has 0 bridgehead atoms. The zero-order valence-electron chi connectivity index (χ0n) is 9.14. The van der Waals surface area contributed by atoms with Gasteiger partial charge < -0.3 is 5.32 Å². The molecule has 86 valence electrons. The van der Waals surface area contributed by atoms with E-state index in [1.807, 2.05) is 6.92 Å². The van der Waals surface area contributed by atoms with E-state index in [1.165, 1.54) is 12.4 Å². The third-order valence-electron chi connectivity index (χ3n) is 2.12. The van der Waals surface area contributed by atoms with E-state index in [0.717, 1.165) is 5.56 Å². The van der Waals surface area contributed by atoms with Gasteiger partial charge in [0, 0.05) is 12.4 Å². The van der Waals surface area contributed by atoms with Crippen molar-refractivity contribution < 1.29 is 4.79 Å². The van der Waals surface area contributed by atoms with Gasteiger partial charge in [0.25, 0.3) is 5.91 Å². The van der Waals surface area contributed by atoms with E-state index in [9.17, 15) is 4.79 Å². The number of hydrogen-bond donors (Lipinski definition) is 1. The highest BCUT2D eigenvalue weighted by Crippen LogP contribution is 2.11. The number of carbonyl (C=O) groups excluding carboxylic acids is 1. The molecule has 0 aromatic carbocycles. The first kappa shape index (κ1) is 11.5. The Morgan fingerprint density at radius 3 is 2.76 bits per heavy atom. The standard InChI is InChI=1S/C12H10ClN3O/c1-8-4-9(6-14-5-8)12(17)16-10-2-3-11(13)15-7-10/h2-7H,1H3,(H,16,17). The zero-order valence-corrected chi connectivity index (χ0v) is 9.90. The molecule has 2 heterocycles. The summed E-state index contributed by atoms with van der Waals surface area (Å²) in [5, 5.41) is 3.10. The van der Waals surface area contributed by atoms with Crippen LogP contribution < -0.4 is 5.32 Å². The van der Waals surface area contributed by atoms with Crippen molar-refractivity contribution in [3.8, 4) is 0 Å². The van der Waals surface area contributed by atoms with Crippen molar-refractivity contribution >= 4 is 23.2 Å². The van der Waals surface area contributed by atoms with Crippen molar-refractivity contribution in [1.29, 1.82) is 0 Å². The Morgan fingerprint density at radius 1 is 1.29 bits per heavy atom. The van der Waals surface area contributed by atoms with E-state index in [2.05, 4.69) is 15.3 Å². The molecule has 2 rings (SSSR count). The number of amides is 1. The van der Waals surface area contributed by atoms with Crippen LogP contribution in [0.1, 0.15) is 15.9 Å². The van der Waals surface area contributed by atoms with Crippen molar-refractivity contribution in [2.75, 3.05) is 5.32 Å². The summed E-state index contributed by atoms with van der Waals surface area (Å²) in [5.41, 5.74) is 2.05. The number of pyridine rings is 2. The lowest BCUT2D eigenvalue weighted by Gasteiger charge is -2.04. The van der Waals surface area contributed by atoms with Gasteiger partial charge >= 0.3 is 0 Å². The Labute approximate surface area is 104 Å². The fourth-order valence-electron chi connectivity index (χ4n) is 1.33. The van der Waals surface area contributed by atoms with Gasteiger partial charge in [0.15, 0.2) is 0 Å². The second-order valence-electron chi connectivity index (χ2n) is 3.57. The molecule has 0 spiro atoms. The Morgan fingerprint density at radius 2 is 2.12 bits per heavy atom. The molecule has 1 amide bonds. The minimum absolute atomic E-state index is 0.217. The van der Waals surface area contributed by atoms with Crippen molar-refractivity contribution in [1.82, 2.24) is 9.97 Å². The van der Waals surface area contributed by atoms with Gasteiger partial charge in [0.2, 0.25) is 0 Å². The molecule has 0 aliphatic carbocycles. The number of rotatable bonds is 2. The first-order valence-corrected chi connectivity index (χ1v) is 5.37. The van der Waals surface area contributed by atoms with Crippen LogP contribution in [0, 0.1) is 6.92 Å². The van der Waals surface area contributed by atoms with Crippen molar-refractivity contribution in [2.24, 2.45) is 0 Å². The van der Waals surface area contributed by atoms with Crippen LogP contribution in [0.25, 0.3) is 0 Å². The number of carbonyl (C=O) groups is 1. The Balaban J connectivity index is 2.14. The monoisotopic (exact) mass is 247 g/mol. The van der Waals surface area contributed by atoms with Gasteiger partial charge in [-0.1, -0.05) is 11.6 Å². The first-order chi connectivity index (χ1) is 8.15. The van der Waals surface area contributed by atoms with E-state index < -0.39 is 0 Å². The highest BCUT2D eigenvalue weighted by Gasteiger charge is 2.06. The highest BCUT2D eigenvalue weighted by atomic mass is 35.5. The molecular weight excluding hydrogens is 238 g/mol. The van der Waals surface area contributed by atoms with Crippen molar-refractivity contribution in [3.05, 3.63) is 53.1 Å². The van der Waals surface area contributed by atoms with E-state index in [-0.39, 0.29) is 5.91 Å². The number of nitrogens with zero attached hydrogens (tertiary/aromatic N) is 2. The molecule has 4 nitrogen and oxygen atoms in total. The van der Waals surface area contributed by atoms with Crippen molar-refractivity contribution in [3.63, 3.8) is 0 Å².